The average Bonchev–Trinajstić information content (AvgIpc) is 2.28. The van der Waals surface area contributed by atoms with E-state index in [1.54, 1.807) is 0 Å². The van der Waals surface area contributed by atoms with Crippen LogP contribution in [0.1, 0.15) is 18.2 Å². The Morgan fingerprint density at radius 2 is 2.24 bits per heavy atom. The maximum atomic E-state index is 10.8. The van der Waals surface area contributed by atoms with Crippen LogP contribution in [0.2, 0.25) is 5.02 Å². The zero-order valence-corrected chi connectivity index (χ0v) is 10.9. The number of rotatable bonds is 5. The third-order valence-corrected chi connectivity index (χ3v) is 2.77. The van der Waals surface area contributed by atoms with Crippen molar-refractivity contribution in [1.29, 1.82) is 0 Å². The van der Waals surface area contributed by atoms with Gasteiger partial charge in [0.15, 0.2) is 0 Å². The number of nitrogens with zero attached hydrogens (tertiary/aromatic N) is 2. The van der Waals surface area contributed by atoms with Crippen LogP contribution < -0.4 is 0 Å². The lowest BCUT2D eigenvalue weighted by molar-refractivity contribution is -0.386. The van der Waals surface area contributed by atoms with Crippen molar-refractivity contribution in [1.82, 2.24) is 4.98 Å². The maximum absolute atomic E-state index is 10.8. The molecule has 2 N–H and O–H groups in total. The van der Waals surface area contributed by atoms with E-state index < -0.39 is 22.8 Å². The summed E-state index contributed by atoms with van der Waals surface area (Å²) in [6.07, 6.45) is -1.09. The number of halogens is 2. The Hall–Kier alpha value is -0.760. The van der Waals surface area contributed by atoms with E-state index in [1.807, 2.05) is 0 Å². The van der Waals surface area contributed by atoms with Crippen LogP contribution in [0.15, 0.2) is 12.3 Å². The summed E-state index contributed by atoms with van der Waals surface area (Å²) in [5, 5.41) is 30.7. The fraction of sp³-hybridized carbons (Fsp3) is 0.444. The number of aliphatic hydroxyl groups excluding tert-OH is 2. The molecule has 1 aromatic rings. The summed E-state index contributed by atoms with van der Waals surface area (Å²) in [6.45, 7) is 0. The van der Waals surface area contributed by atoms with E-state index in [-0.39, 0.29) is 17.1 Å². The van der Waals surface area contributed by atoms with Crippen molar-refractivity contribution in [3.8, 4) is 0 Å². The van der Waals surface area contributed by atoms with E-state index in [9.17, 15) is 20.3 Å². The minimum atomic E-state index is -1.41. The summed E-state index contributed by atoms with van der Waals surface area (Å²) in [4.78, 5) is 13.8. The monoisotopic (exact) mass is 324 g/mol. The Bertz CT molecular complexity index is 418. The van der Waals surface area contributed by atoms with Crippen LogP contribution in [-0.4, -0.2) is 31.6 Å². The van der Waals surface area contributed by atoms with E-state index in [0.29, 0.717) is 5.33 Å². The van der Waals surface area contributed by atoms with Gasteiger partial charge in [0.2, 0.25) is 0 Å². The second kappa shape index (κ2) is 6.25. The Morgan fingerprint density at radius 1 is 1.59 bits per heavy atom. The quantitative estimate of drug-likeness (QED) is 0.489. The molecule has 0 aliphatic carbocycles. The molecular formula is C9H10BrClN2O4. The largest absolute Gasteiger partial charge is 0.390 e. The smallest absolute Gasteiger partial charge is 0.295 e. The van der Waals surface area contributed by atoms with Gasteiger partial charge in [0.25, 0.3) is 5.69 Å². The molecule has 0 aliphatic heterocycles. The predicted molar refractivity (Wildman–Crippen MR) is 65.3 cm³/mol. The molecule has 0 radical (unpaired) electrons. The fourth-order valence-corrected chi connectivity index (χ4v) is 1.89. The third-order valence-electron chi connectivity index (χ3n) is 2.11. The summed E-state index contributed by atoms with van der Waals surface area (Å²) >= 11 is 8.69. The van der Waals surface area contributed by atoms with E-state index >= 15 is 0 Å². The van der Waals surface area contributed by atoms with Crippen LogP contribution in [0.4, 0.5) is 5.69 Å². The predicted octanol–water partition coefficient (Wildman–Crippen LogP) is 1.82. The summed E-state index contributed by atoms with van der Waals surface area (Å²) < 4.78 is 0. The van der Waals surface area contributed by atoms with Crippen molar-refractivity contribution in [2.75, 3.05) is 5.33 Å². The average molecular weight is 326 g/mol. The normalized spacial score (nSPS) is 14.4. The zero-order chi connectivity index (χ0) is 13.0. The topological polar surface area (TPSA) is 96.5 Å². The molecular weight excluding hydrogens is 315 g/mol. The van der Waals surface area contributed by atoms with Crippen molar-refractivity contribution in [3.05, 3.63) is 33.1 Å². The van der Waals surface area contributed by atoms with Gasteiger partial charge in [0.05, 0.1) is 16.0 Å². The molecule has 2 unspecified atom stereocenters. The summed E-state index contributed by atoms with van der Waals surface area (Å²) in [6, 6.07) is 1.09. The second-order valence-electron chi connectivity index (χ2n) is 3.30. The molecule has 6 nitrogen and oxygen atoms in total. The molecule has 0 fully saturated rings. The van der Waals surface area contributed by atoms with Crippen LogP contribution in [-0.2, 0) is 0 Å². The second-order valence-corrected chi connectivity index (χ2v) is 4.53. The minimum Gasteiger partial charge on any atom is -0.390 e. The highest BCUT2D eigenvalue weighted by Gasteiger charge is 2.27. The first-order valence-electron chi connectivity index (χ1n) is 4.69. The Labute approximate surface area is 111 Å². The van der Waals surface area contributed by atoms with E-state index in [2.05, 4.69) is 20.9 Å². The number of hydrogen-bond acceptors (Lipinski definition) is 5. The lowest BCUT2D eigenvalue weighted by Gasteiger charge is -2.16. The molecule has 8 heteroatoms. The van der Waals surface area contributed by atoms with Gasteiger partial charge in [0, 0.05) is 17.6 Å². The first-order chi connectivity index (χ1) is 7.97. The van der Waals surface area contributed by atoms with Gasteiger partial charge in [-0.3, -0.25) is 10.1 Å². The molecule has 0 saturated carbocycles. The highest BCUT2D eigenvalue weighted by atomic mass is 79.9. The minimum absolute atomic E-state index is 0.0997. The SMILES string of the molecule is O=[N+]([O-])c1cc(Cl)cnc1C(O)C(O)CCBr. The van der Waals surface area contributed by atoms with Crippen LogP contribution >= 0.6 is 27.5 Å². The van der Waals surface area contributed by atoms with Crippen LogP contribution in [0, 0.1) is 10.1 Å². The van der Waals surface area contributed by atoms with Crippen molar-refractivity contribution >= 4 is 33.2 Å². The molecule has 0 saturated heterocycles. The van der Waals surface area contributed by atoms with E-state index in [0.717, 1.165) is 6.07 Å². The first kappa shape index (κ1) is 14.3. The highest BCUT2D eigenvalue weighted by Crippen LogP contribution is 2.28. The van der Waals surface area contributed by atoms with Gasteiger partial charge in [-0.25, -0.2) is 4.98 Å². The van der Waals surface area contributed by atoms with E-state index in [4.69, 9.17) is 11.6 Å². The molecule has 94 valence electrons. The zero-order valence-electron chi connectivity index (χ0n) is 8.58. The summed E-state index contributed by atoms with van der Waals surface area (Å²) in [5.41, 5.74) is -0.591. The van der Waals surface area contributed by atoms with Gasteiger partial charge in [0.1, 0.15) is 11.8 Å². The van der Waals surface area contributed by atoms with Gasteiger partial charge in [-0.1, -0.05) is 27.5 Å². The third kappa shape index (κ3) is 3.60. The molecule has 0 aromatic carbocycles. The fourth-order valence-electron chi connectivity index (χ4n) is 1.27. The number of pyridine rings is 1. The van der Waals surface area contributed by atoms with Gasteiger partial charge < -0.3 is 10.2 Å². The molecule has 0 aliphatic rings. The van der Waals surface area contributed by atoms with Gasteiger partial charge in [-0.05, 0) is 6.42 Å². The Kier molecular flexibility index (Phi) is 5.26. The number of nitro groups is 1. The number of aliphatic hydroxyl groups is 2. The van der Waals surface area contributed by atoms with Crippen molar-refractivity contribution in [3.63, 3.8) is 0 Å². The lowest BCUT2D eigenvalue weighted by Crippen LogP contribution is -2.20. The van der Waals surface area contributed by atoms with Gasteiger partial charge >= 0.3 is 0 Å². The van der Waals surface area contributed by atoms with Crippen molar-refractivity contribution < 1.29 is 15.1 Å². The maximum Gasteiger partial charge on any atom is 0.295 e. The summed E-state index contributed by atoms with van der Waals surface area (Å²) in [7, 11) is 0. The lowest BCUT2D eigenvalue weighted by atomic mass is 10.1. The van der Waals surface area contributed by atoms with Gasteiger partial charge in [-0.15, -0.1) is 0 Å². The van der Waals surface area contributed by atoms with Gasteiger partial charge in [-0.2, -0.15) is 0 Å². The van der Waals surface area contributed by atoms with Crippen LogP contribution in [0.25, 0.3) is 0 Å². The van der Waals surface area contributed by atoms with Crippen LogP contribution in [0.5, 0.6) is 0 Å². The molecule has 1 aromatic heterocycles. The molecule has 17 heavy (non-hydrogen) atoms. The molecule has 0 bridgehead atoms. The van der Waals surface area contributed by atoms with E-state index in [1.165, 1.54) is 6.20 Å². The standard InChI is InChI=1S/C9H10BrClN2O4/c10-2-1-7(14)9(15)8-6(13(16)17)3-5(11)4-12-8/h3-4,7,9,14-15H,1-2H2. The molecule has 1 heterocycles. The Morgan fingerprint density at radius 3 is 2.76 bits per heavy atom. The highest BCUT2D eigenvalue weighted by molar-refractivity contribution is 9.09. The first-order valence-corrected chi connectivity index (χ1v) is 6.19. The van der Waals surface area contributed by atoms with Crippen LogP contribution in [0.3, 0.4) is 0 Å². The van der Waals surface area contributed by atoms with Crippen molar-refractivity contribution in [2.24, 2.45) is 0 Å². The summed E-state index contributed by atoms with van der Waals surface area (Å²) in [5.74, 6) is 0. The number of alkyl halides is 1. The molecule has 2 atom stereocenters. The molecule has 0 spiro atoms. The molecule has 0 amide bonds. The number of aromatic nitrogens is 1. The molecule has 1 rings (SSSR count). The van der Waals surface area contributed by atoms with Crippen molar-refractivity contribution in [2.45, 2.75) is 18.6 Å². The Balaban J connectivity index is 3.08. The number of hydrogen-bond donors (Lipinski definition) is 2.